The molecule has 0 spiro atoms. The third-order valence-corrected chi connectivity index (χ3v) is 7.35. The van der Waals surface area contributed by atoms with Crippen molar-refractivity contribution in [2.24, 2.45) is 4.99 Å². The van der Waals surface area contributed by atoms with Gasteiger partial charge in [0, 0.05) is 11.1 Å². The number of nitrogens with one attached hydrogen (secondary N) is 1. The molecule has 2 atom stereocenters. The molecule has 37 heavy (non-hydrogen) atoms. The van der Waals surface area contributed by atoms with Crippen molar-refractivity contribution in [1.29, 1.82) is 0 Å². The van der Waals surface area contributed by atoms with Crippen LogP contribution in [0.1, 0.15) is 28.3 Å². The minimum absolute atomic E-state index is 0.0953. The first-order chi connectivity index (χ1) is 17.9. The number of ether oxygens (including phenoxy) is 1. The smallest absolute Gasteiger partial charge is 0.332 e. The van der Waals surface area contributed by atoms with Crippen LogP contribution in [0.15, 0.2) is 125 Å². The fourth-order valence-electron chi connectivity index (χ4n) is 3.96. The highest BCUT2D eigenvalue weighted by Crippen LogP contribution is 2.26. The molecule has 4 aromatic carbocycles. The Morgan fingerprint density at radius 2 is 1.24 bits per heavy atom. The summed E-state index contributed by atoms with van der Waals surface area (Å²) in [6.07, 6.45) is 0. The van der Waals surface area contributed by atoms with Crippen LogP contribution in [0.5, 0.6) is 0 Å². The number of nitrogens with zero attached hydrogens (tertiary/aromatic N) is 1. The van der Waals surface area contributed by atoms with Crippen molar-refractivity contribution < 1.29 is 17.9 Å². The molecule has 6 nitrogen and oxygen atoms in total. The Balaban J connectivity index is 1.88. The molecule has 0 aliphatic carbocycles. The van der Waals surface area contributed by atoms with E-state index in [1.165, 1.54) is 19.2 Å². The molecule has 0 aliphatic heterocycles. The van der Waals surface area contributed by atoms with E-state index in [1.54, 1.807) is 36.4 Å². The van der Waals surface area contributed by atoms with E-state index in [-0.39, 0.29) is 4.90 Å². The molecule has 4 rings (SSSR count). The second-order valence-corrected chi connectivity index (χ2v) is 10.2. The number of aryl methyl sites for hydroxylation is 1. The monoisotopic (exact) mass is 512 g/mol. The van der Waals surface area contributed by atoms with Gasteiger partial charge in [0.25, 0.3) is 0 Å². The lowest BCUT2D eigenvalue weighted by molar-refractivity contribution is -0.142. The zero-order valence-corrected chi connectivity index (χ0v) is 21.4. The van der Waals surface area contributed by atoms with Gasteiger partial charge in [-0.1, -0.05) is 109 Å². The number of benzene rings is 4. The first kappa shape index (κ1) is 26.0. The molecule has 1 N–H and O–H groups in total. The quantitative estimate of drug-likeness (QED) is 0.250. The van der Waals surface area contributed by atoms with Gasteiger partial charge in [-0.15, -0.1) is 0 Å². The number of esters is 1. The Labute approximate surface area is 217 Å². The molecule has 0 aliphatic rings. The summed E-state index contributed by atoms with van der Waals surface area (Å²) in [6.45, 7) is 1.88. The Bertz CT molecular complexity index is 1410. The zero-order chi connectivity index (χ0) is 26.3. The summed E-state index contributed by atoms with van der Waals surface area (Å²) in [6, 6.07) is 32.1. The molecule has 0 amide bonds. The molecular formula is C30H28N2O4S. The van der Waals surface area contributed by atoms with Gasteiger partial charge in [0.1, 0.15) is 0 Å². The van der Waals surface area contributed by atoms with Gasteiger partial charge in [-0.2, -0.15) is 0 Å². The molecule has 188 valence electrons. The maximum absolute atomic E-state index is 13.5. The molecule has 0 saturated carbocycles. The molecule has 0 unspecified atom stereocenters. The van der Waals surface area contributed by atoms with Crippen molar-refractivity contribution in [1.82, 2.24) is 4.72 Å². The predicted molar refractivity (Wildman–Crippen MR) is 145 cm³/mol. The van der Waals surface area contributed by atoms with Gasteiger partial charge in [0.2, 0.25) is 10.0 Å². The third kappa shape index (κ3) is 6.39. The van der Waals surface area contributed by atoms with Gasteiger partial charge in [-0.05, 0) is 24.6 Å². The largest absolute Gasteiger partial charge is 0.467 e. The number of rotatable bonds is 9. The lowest BCUT2D eigenvalue weighted by Gasteiger charge is -2.25. The lowest BCUT2D eigenvalue weighted by atomic mass is 9.98. The molecule has 0 heterocycles. The summed E-state index contributed by atoms with van der Waals surface area (Å²) in [5.74, 6) is -0.662. The van der Waals surface area contributed by atoms with Crippen molar-refractivity contribution in [2.45, 2.75) is 23.9 Å². The van der Waals surface area contributed by atoms with Crippen LogP contribution in [-0.2, 0) is 19.6 Å². The van der Waals surface area contributed by atoms with E-state index >= 15 is 0 Å². The van der Waals surface area contributed by atoms with E-state index in [0.717, 1.165) is 16.7 Å². The molecule has 0 aromatic heterocycles. The van der Waals surface area contributed by atoms with Crippen LogP contribution in [0.25, 0.3) is 0 Å². The van der Waals surface area contributed by atoms with Gasteiger partial charge in [-0.3, -0.25) is 4.99 Å². The maximum Gasteiger partial charge on any atom is 0.332 e. The second kappa shape index (κ2) is 11.8. The molecule has 0 radical (unpaired) electrons. The van der Waals surface area contributed by atoms with Gasteiger partial charge in [0.05, 0.1) is 23.8 Å². The number of carbonyl (C=O) groups excluding carboxylic acids is 1. The van der Waals surface area contributed by atoms with Crippen LogP contribution in [0.2, 0.25) is 0 Å². The molecular weight excluding hydrogens is 484 g/mol. The fourth-order valence-corrected chi connectivity index (χ4v) is 5.19. The average Bonchev–Trinajstić information content (AvgIpc) is 2.94. The molecule has 4 aromatic rings. The van der Waals surface area contributed by atoms with Gasteiger partial charge >= 0.3 is 5.97 Å². The van der Waals surface area contributed by atoms with Crippen LogP contribution in [0, 0.1) is 6.92 Å². The van der Waals surface area contributed by atoms with Crippen molar-refractivity contribution in [3.63, 3.8) is 0 Å². The van der Waals surface area contributed by atoms with Crippen LogP contribution in [0.3, 0.4) is 0 Å². The Kier molecular flexibility index (Phi) is 8.28. The molecule has 0 fully saturated rings. The Hall–Kier alpha value is -4.07. The summed E-state index contributed by atoms with van der Waals surface area (Å²) in [5, 5.41) is 0. The number of carbonyl (C=O) groups is 1. The minimum atomic E-state index is -4.00. The van der Waals surface area contributed by atoms with Crippen molar-refractivity contribution in [3.8, 4) is 0 Å². The second-order valence-electron chi connectivity index (χ2n) is 8.50. The standard InChI is InChI=1S/C30H28N2O4S/c1-22-18-20-26(21-19-22)37(34,35)32-28(25-16-10-5-11-17-25)29(30(33)36-2)31-27(23-12-6-3-7-13-23)24-14-8-4-9-15-24/h3-21,28-29,32H,1-2H3/t28-,29+/m1/s1. The highest BCUT2D eigenvalue weighted by molar-refractivity contribution is 7.89. The number of sulfonamides is 1. The van der Waals surface area contributed by atoms with Crippen LogP contribution < -0.4 is 4.72 Å². The van der Waals surface area contributed by atoms with Crippen molar-refractivity contribution in [3.05, 3.63) is 138 Å². The van der Waals surface area contributed by atoms with E-state index < -0.39 is 28.1 Å². The zero-order valence-electron chi connectivity index (χ0n) is 20.6. The normalized spacial score (nSPS) is 12.8. The van der Waals surface area contributed by atoms with E-state index in [4.69, 9.17) is 9.73 Å². The topological polar surface area (TPSA) is 84.8 Å². The number of aliphatic imine (C=N–C) groups is 1. The van der Waals surface area contributed by atoms with Gasteiger partial charge < -0.3 is 4.74 Å². The summed E-state index contributed by atoms with van der Waals surface area (Å²) < 4.78 is 34.8. The summed E-state index contributed by atoms with van der Waals surface area (Å²) >= 11 is 0. The third-order valence-electron chi connectivity index (χ3n) is 5.89. The molecule has 0 bridgehead atoms. The number of hydrogen-bond donors (Lipinski definition) is 1. The summed E-state index contributed by atoms with van der Waals surface area (Å²) in [5.41, 5.74) is 3.64. The Morgan fingerprint density at radius 3 is 1.73 bits per heavy atom. The van der Waals surface area contributed by atoms with Crippen molar-refractivity contribution in [2.75, 3.05) is 7.11 Å². The summed E-state index contributed by atoms with van der Waals surface area (Å²) in [7, 11) is -2.73. The van der Waals surface area contributed by atoms with Crippen LogP contribution >= 0.6 is 0 Å². The first-order valence-corrected chi connectivity index (χ1v) is 13.3. The van der Waals surface area contributed by atoms with Gasteiger partial charge in [-0.25, -0.2) is 17.9 Å². The highest BCUT2D eigenvalue weighted by Gasteiger charge is 2.34. The van der Waals surface area contributed by atoms with E-state index in [0.29, 0.717) is 11.3 Å². The van der Waals surface area contributed by atoms with Crippen LogP contribution in [-0.4, -0.2) is 33.3 Å². The predicted octanol–water partition coefficient (Wildman–Crippen LogP) is 5.09. The fraction of sp³-hybridized carbons (Fsp3) is 0.133. The molecule has 7 heteroatoms. The van der Waals surface area contributed by atoms with Gasteiger partial charge in [0.15, 0.2) is 6.04 Å². The maximum atomic E-state index is 13.5. The molecule has 0 saturated heterocycles. The Morgan fingerprint density at radius 1 is 0.757 bits per heavy atom. The van der Waals surface area contributed by atoms with E-state index in [9.17, 15) is 13.2 Å². The number of methoxy groups -OCH3 is 1. The SMILES string of the molecule is COC(=O)[C@@H](N=C(c1ccccc1)c1ccccc1)[C@H](NS(=O)(=O)c1ccc(C)cc1)c1ccccc1. The van der Waals surface area contributed by atoms with E-state index in [1.807, 2.05) is 73.7 Å². The minimum Gasteiger partial charge on any atom is -0.467 e. The summed E-state index contributed by atoms with van der Waals surface area (Å²) in [4.78, 5) is 18.2. The highest BCUT2D eigenvalue weighted by atomic mass is 32.2. The first-order valence-electron chi connectivity index (χ1n) is 11.8. The average molecular weight is 513 g/mol. The van der Waals surface area contributed by atoms with Crippen molar-refractivity contribution >= 4 is 21.7 Å². The van der Waals surface area contributed by atoms with Crippen LogP contribution in [0.4, 0.5) is 0 Å². The number of hydrogen-bond acceptors (Lipinski definition) is 5. The lowest BCUT2D eigenvalue weighted by Crippen LogP contribution is -2.40. The van der Waals surface area contributed by atoms with E-state index in [2.05, 4.69) is 4.72 Å².